The molecular formula is C15H27NO3S. The Bertz CT molecular complexity index is 409. The van der Waals surface area contributed by atoms with E-state index in [1.54, 1.807) is 0 Å². The third kappa shape index (κ3) is 3.55. The summed E-state index contributed by atoms with van der Waals surface area (Å²) in [7, 11) is -2.75. The number of hydrogen-bond donors (Lipinski definition) is 1. The van der Waals surface area contributed by atoms with E-state index in [0.29, 0.717) is 23.6 Å². The van der Waals surface area contributed by atoms with E-state index in [2.05, 4.69) is 5.32 Å². The minimum atomic E-state index is -2.75. The van der Waals surface area contributed by atoms with Gasteiger partial charge in [0.2, 0.25) is 0 Å². The summed E-state index contributed by atoms with van der Waals surface area (Å²) in [6.45, 7) is 0.864. The van der Waals surface area contributed by atoms with Crippen LogP contribution in [0.1, 0.15) is 57.8 Å². The van der Waals surface area contributed by atoms with E-state index in [1.807, 2.05) is 0 Å². The van der Waals surface area contributed by atoms with Gasteiger partial charge in [-0.15, -0.1) is 0 Å². The van der Waals surface area contributed by atoms with Crippen LogP contribution in [0.5, 0.6) is 0 Å². The van der Waals surface area contributed by atoms with E-state index in [1.165, 1.54) is 32.1 Å². The molecule has 0 bridgehead atoms. The van der Waals surface area contributed by atoms with Crippen LogP contribution in [0.15, 0.2) is 0 Å². The number of ether oxygens (including phenoxy) is 1. The van der Waals surface area contributed by atoms with E-state index < -0.39 is 9.84 Å². The Hall–Kier alpha value is -0.130. The van der Waals surface area contributed by atoms with Gasteiger partial charge in [0.1, 0.15) is 9.84 Å². The van der Waals surface area contributed by atoms with Crippen molar-refractivity contribution in [2.45, 2.75) is 75.5 Å². The molecule has 116 valence electrons. The van der Waals surface area contributed by atoms with Crippen LogP contribution in [0.25, 0.3) is 0 Å². The molecule has 0 aromatic heterocycles. The van der Waals surface area contributed by atoms with Crippen LogP contribution >= 0.6 is 0 Å². The van der Waals surface area contributed by atoms with E-state index >= 15 is 0 Å². The molecule has 2 aliphatic heterocycles. The Labute approximate surface area is 122 Å². The lowest BCUT2D eigenvalue weighted by atomic mass is 9.78. The van der Waals surface area contributed by atoms with Gasteiger partial charge in [-0.2, -0.15) is 0 Å². The van der Waals surface area contributed by atoms with E-state index in [0.717, 1.165) is 32.3 Å². The quantitative estimate of drug-likeness (QED) is 0.848. The molecule has 20 heavy (non-hydrogen) atoms. The highest BCUT2D eigenvalue weighted by Crippen LogP contribution is 2.38. The summed E-state index contributed by atoms with van der Waals surface area (Å²) in [5.74, 6) is 0.720. The lowest BCUT2D eigenvalue weighted by Crippen LogP contribution is -2.51. The summed E-state index contributed by atoms with van der Waals surface area (Å²) in [4.78, 5) is 0. The first kappa shape index (κ1) is 14.8. The molecule has 0 radical (unpaired) electrons. The van der Waals surface area contributed by atoms with Gasteiger partial charge >= 0.3 is 0 Å². The van der Waals surface area contributed by atoms with Crippen LogP contribution in [0, 0.1) is 0 Å². The topological polar surface area (TPSA) is 55.4 Å². The number of sulfone groups is 1. The van der Waals surface area contributed by atoms with Gasteiger partial charge in [0.05, 0.1) is 17.1 Å². The maximum Gasteiger partial charge on any atom is 0.150 e. The Morgan fingerprint density at radius 2 is 1.65 bits per heavy atom. The minimum Gasteiger partial charge on any atom is -0.375 e. The molecular weight excluding hydrogens is 274 g/mol. The molecule has 1 N–H and O–H groups in total. The maximum absolute atomic E-state index is 11.5. The van der Waals surface area contributed by atoms with Crippen molar-refractivity contribution in [3.63, 3.8) is 0 Å². The molecule has 1 spiro atoms. The van der Waals surface area contributed by atoms with E-state index in [-0.39, 0.29) is 5.60 Å². The average Bonchev–Trinajstić information content (AvgIpc) is 2.42. The van der Waals surface area contributed by atoms with Crippen LogP contribution in [0.3, 0.4) is 0 Å². The molecule has 0 aromatic rings. The second-order valence-electron chi connectivity index (χ2n) is 6.87. The van der Waals surface area contributed by atoms with Crippen LogP contribution in [-0.2, 0) is 14.6 Å². The van der Waals surface area contributed by atoms with Gasteiger partial charge in [-0.25, -0.2) is 8.42 Å². The summed E-state index contributed by atoms with van der Waals surface area (Å²) >= 11 is 0. The van der Waals surface area contributed by atoms with Gasteiger partial charge < -0.3 is 10.1 Å². The van der Waals surface area contributed by atoms with Gasteiger partial charge in [0.15, 0.2) is 0 Å². The molecule has 3 rings (SSSR count). The summed E-state index contributed by atoms with van der Waals surface area (Å²) in [5, 5.41) is 3.72. The van der Waals surface area contributed by atoms with E-state index in [4.69, 9.17) is 4.74 Å². The molecule has 1 unspecified atom stereocenters. The summed E-state index contributed by atoms with van der Waals surface area (Å²) in [5.41, 5.74) is 0.134. The lowest BCUT2D eigenvalue weighted by Gasteiger charge is -2.44. The Morgan fingerprint density at radius 3 is 2.35 bits per heavy atom. The molecule has 5 heteroatoms. The highest BCUT2D eigenvalue weighted by molar-refractivity contribution is 7.91. The molecule has 1 aliphatic carbocycles. The van der Waals surface area contributed by atoms with Gasteiger partial charge in [-0.1, -0.05) is 19.3 Å². The van der Waals surface area contributed by atoms with Gasteiger partial charge in [0, 0.05) is 18.7 Å². The van der Waals surface area contributed by atoms with Crippen molar-refractivity contribution in [1.82, 2.24) is 5.32 Å². The lowest BCUT2D eigenvalue weighted by molar-refractivity contribution is -0.110. The van der Waals surface area contributed by atoms with Gasteiger partial charge in [-0.05, 0) is 38.5 Å². The third-order valence-electron chi connectivity index (χ3n) is 5.28. The first-order valence-corrected chi connectivity index (χ1v) is 10.00. The van der Waals surface area contributed by atoms with Gasteiger partial charge in [-0.3, -0.25) is 0 Å². The molecule has 1 saturated carbocycles. The van der Waals surface area contributed by atoms with Crippen molar-refractivity contribution in [2.75, 3.05) is 18.1 Å². The monoisotopic (exact) mass is 301 g/mol. The average molecular weight is 301 g/mol. The Balaban J connectivity index is 1.53. The molecule has 2 heterocycles. The van der Waals surface area contributed by atoms with Crippen LogP contribution < -0.4 is 5.32 Å². The number of nitrogens with one attached hydrogen (secondary N) is 1. The maximum atomic E-state index is 11.5. The zero-order chi connectivity index (χ0) is 14.1. The first-order valence-electron chi connectivity index (χ1n) is 8.17. The van der Waals surface area contributed by atoms with Crippen molar-refractivity contribution >= 4 is 9.84 Å². The summed E-state index contributed by atoms with van der Waals surface area (Å²) in [6.07, 6.45) is 10.1. The van der Waals surface area contributed by atoms with Gasteiger partial charge in [0.25, 0.3) is 0 Å². The van der Waals surface area contributed by atoms with Crippen molar-refractivity contribution in [3.8, 4) is 0 Å². The van der Waals surface area contributed by atoms with Crippen molar-refractivity contribution in [2.24, 2.45) is 0 Å². The SMILES string of the molecule is O=S1(=O)CCC(NC2CCOC3(CCCCC3)C2)CC1. The Kier molecular flexibility index (Phi) is 4.39. The van der Waals surface area contributed by atoms with Crippen molar-refractivity contribution in [1.29, 1.82) is 0 Å². The summed E-state index contributed by atoms with van der Waals surface area (Å²) < 4.78 is 29.1. The molecule has 1 atom stereocenters. The standard InChI is InChI=1S/C15H27NO3S/c17-20(18)10-5-13(6-11-20)16-14-4-9-19-15(12-14)7-2-1-3-8-15/h13-14,16H,1-12H2. The molecule has 0 aromatic carbocycles. The second kappa shape index (κ2) is 5.93. The fourth-order valence-corrected chi connectivity index (χ4v) is 5.60. The van der Waals surface area contributed by atoms with Crippen LogP contribution in [0.2, 0.25) is 0 Å². The highest BCUT2D eigenvalue weighted by Gasteiger charge is 2.39. The van der Waals surface area contributed by atoms with Crippen LogP contribution in [0.4, 0.5) is 0 Å². The predicted molar refractivity (Wildman–Crippen MR) is 79.6 cm³/mol. The largest absolute Gasteiger partial charge is 0.375 e. The first-order chi connectivity index (χ1) is 9.57. The molecule has 3 aliphatic rings. The predicted octanol–water partition coefficient (Wildman–Crippen LogP) is 2.04. The second-order valence-corrected chi connectivity index (χ2v) is 9.18. The molecule has 3 fully saturated rings. The number of rotatable bonds is 2. The smallest absolute Gasteiger partial charge is 0.150 e. The number of hydrogen-bond acceptors (Lipinski definition) is 4. The van der Waals surface area contributed by atoms with Crippen molar-refractivity contribution < 1.29 is 13.2 Å². The molecule has 2 saturated heterocycles. The zero-order valence-electron chi connectivity index (χ0n) is 12.3. The molecule has 4 nitrogen and oxygen atoms in total. The fourth-order valence-electron chi connectivity index (χ4n) is 4.10. The van der Waals surface area contributed by atoms with Crippen molar-refractivity contribution in [3.05, 3.63) is 0 Å². The normalized spacial score (nSPS) is 34.1. The fraction of sp³-hybridized carbons (Fsp3) is 1.00. The molecule has 0 amide bonds. The zero-order valence-corrected chi connectivity index (χ0v) is 13.1. The van der Waals surface area contributed by atoms with E-state index in [9.17, 15) is 8.42 Å². The third-order valence-corrected chi connectivity index (χ3v) is 7.00. The summed E-state index contributed by atoms with van der Waals surface area (Å²) in [6, 6.07) is 0.912. The Morgan fingerprint density at radius 1 is 0.950 bits per heavy atom. The highest BCUT2D eigenvalue weighted by atomic mass is 32.2. The van der Waals surface area contributed by atoms with Crippen LogP contribution in [-0.4, -0.2) is 44.2 Å². The minimum absolute atomic E-state index is 0.134.